The Balaban J connectivity index is 1.75. The third kappa shape index (κ3) is 4.12. The van der Waals surface area contributed by atoms with E-state index in [2.05, 4.69) is 52.9 Å². The van der Waals surface area contributed by atoms with Crippen molar-refractivity contribution in [3.8, 4) is 17.6 Å². The summed E-state index contributed by atoms with van der Waals surface area (Å²) < 4.78 is 11.6. The molecule has 0 bridgehead atoms. The van der Waals surface area contributed by atoms with Gasteiger partial charge >= 0.3 is 0 Å². The quantitative estimate of drug-likeness (QED) is 0.688. The van der Waals surface area contributed by atoms with Crippen LogP contribution in [0.4, 0.5) is 0 Å². The fourth-order valence-corrected chi connectivity index (χ4v) is 5.01. The fraction of sp³-hybridized carbons (Fsp3) is 0.462. The Kier molecular flexibility index (Phi) is 6.04. The molecule has 0 saturated heterocycles. The Morgan fingerprint density at radius 1 is 1.06 bits per heavy atom. The second-order valence-electron chi connectivity index (χ2n) is 9.80. The van der Waals surface area contributed by atoms with E-state index in [1.165, 1.54) is 12.7 Å². The number of methoxy groups -OCH3 is 1. The molecule has 164 valence electrons. The number of carbonyl (C=O) groups is 1. The van der Waals surface area contributed by atoms with Gasteiger partial charge in [-0.3, -0.25) is 4.79 Å². The molecule has 1 aliphatic carbocycles. The average Bonchev–Trinajstić information content (AvgIpc) is 2.74. The number of nitrogens with one attached hydrogen (secondary N) is 1. The van der Waals surface area contributed by atoms with E-state index >= 15 is 0 Å². The van der Waals surface area contributed by atoms with Crippen LogP contribution in [-0.2, 0) is 0 Å². The lowest BCUT2D eigenvalue weighted by molar-refractivity contribution is -0.164. The summed E-state index contributed by atoms with van der Waals surface area (Å²) in [6.45, 7) is 12.7. The highest BCUT2D eigenvalue weighted by Crippen LogP contribution is 2.55. The van der Waals surface area contributed by atoms with E-state index < -0.39 is 0 Å². The van der Waals surface area contributed by atoms with Crippen molar-refractivity contribution in [2.24, 2.45) is 10.8 Å². The highest BCUT2D eigenvalue weighted by Gasteiger charge is 2.64. The van der Waals surface area contributed by atoms with Gasteiger partial charge < -0.3 is 14.8 Å². The predicted molar refractivity (Wildman–Crippen MR) is 121 cm³/mol. The maximum Gasteiger partial charge on any atom is 0.251 e. The first-order chi connectivity index (χ1) is 14.5. The Hall–Kier alpha value is -3.00. The molecule has 0 aromatic heterocycles. The van der Waals surface area contributed by atoms with Crippen LogP contribution < -0.4 is 14.8 Å². The lowest BCUT2D eigenvalue weighted by Crippen LogP contribution is -2.74. The van der Waals surface area contributed by atoms with E-state index in [4.69, 9.17) is 9.47 Å². The van der Waals surface area contributed by atoms with Crippen molar-refractivity contribution < 1.29 is 14.3 Å². The fourth-order valence-electron chi connectivity index (χ4n) is 5.01. The summed E-state index contributed by atoms with van der Waals surface area (Å²) in [5.41, 5.74) is 1.79. The molecule has 0 aliphatic heterocycles. The first-order valence-electron chi connectivity index (χ1n) is 10.7. The molecule has 0 radical (unpaired) electrons. The van der Waals surface area contributed by atoms with Crippen LogP contribution in [0.1, 0.15) is 68.9 Å². The third-order valence-corrected chi connectivity index (χ3v) is 6.50. The molecule has 5 heteroatoms. The molecular formula is C26H32N2O3. The van der Waals surface area contributed by atoms with Gasteiger partial charge in [-0.1, -0.05) is 53.7 Å². The Morgan fingerprint density at radius 3 is 2.19 bits per heavy atom. The monoisotopic (exact) mass is 420 g/mol. The first kappa shape index (κ1) is 22.7. The average molecular weight is 421 g/mol. The Labute approximate surface area is 185 Å². The van der Waals surface area contributed by atoms with Crippen molar-refractivity contribution in [3.63, 3.8) is 0 Å². The van der Waals surface area contributed by atoms with Gasteiger partial charge in [-0.15, -0.1) is 0 Å². The van der Waals surface area contributed by atoms with Crippen LogP contribution >= 0.6 is 0 Å². The number of ether oxygens (including phenoxy) is 2. The van der Waals surface area contributed by atoms with Gasteiger partial charge in [0.1, 0.15) is 23.7 Å². The van der Waals surface area contributed by atoms with E-state index in [0.29, 0.717) is 28.5 Å². The SMILES string of the molecule is COc1cc(O[C@H]2C(C)(C)[C@H](NC(=O)c3ccc(C(C)C)cc3)C2(C)C)ccc1C#N. The second kappa shape index (κ2) is 8.26. The standard InChI is InChI=1S/C26H32N2O3/c1-16(2)17-8-10-18(11-9-17)22(29)28-23-25(3,4)24(26(23,5)6)31-20-13-12-19(15-27)21(14-20)30-7/h8-14,16,23-24H,1-7H3,(H,28,29)/t23-,24-. The zero-order chi connectivity index (χ0) is 23.0. The topological polar surface area (TPSA) is 71.3 Å². The molecule has 1 fully saturated rings. The van der Waals surface area contributed by atoms with Crippen molar-refractivity contribution in [2.45, 2.75) is 59.6 Å². The van der Waals surface area contributed by atoms with Gasteiger partial charge in [-0.05, 0) is 35.7 Å². The molecule has 31 heavy (non-hydrogen) atoms. The summed E-state index contributed by atoms with van der Waals surface area (Å²) >= 11 is 0. The van der Waals surface area contributed by atoms with Crippen LogP contribution in [0, 0.1) is 22.2 Å². The zero-order valence-corrected chi connectivity index (χ0v) is 19.4. The number of hydrogen-bond donors (Lipinski definition) is 1. The highest BCUT2D eigenvalue weighted by molar-refractivity contribution is 5.94. The van der Waals surface area contributed by atoms with Crippen LogP contribution in [-0.4, -0.2) is 25.2 Å². The van der Waals surface area contributed by atoms with Crippen LogP contribution in [0.3, 0.4) is 0 Å². The van der Waals surface area contributed by atoms with E-state index in [1.54, 1.807) is 18.2 Å². The summed E-state index contributed by atoms with van der Waals surface area (Å²) in [6.07, 6.45) is -0.119. The Morgan fingerprint density at radius 2 is 1.68 bits per heavy atom. The van der Waals surface area contributed by atoms with Gasteiger partial charge in [0.05, 0.1) is 12.7 Å². The predicted octanol–water partition coefficient (Wildman–Crippen LogP) is 5.30. The molecule has 0 spiro atoms. The maximum atomic E-state index is 12.9. The molecule has 1 amide bonds. The summed E-state index contributed by atoms with van der Waals surface area (Å²) in [7, 11) is 1.54. The highest BCUT2D eigenvalue weighted by atomic mass is 16.5. The van der Waals surface area contributed by atoms with Crippen LogP contribution in [0.2, 0.25) is 0 Å². The maximum absolute atomic E-state index is 12.9. The van der Waals surface area contributed by atoms with Gasteiger partial charge in [0.15, 0.2) is 0 Å². The molecule has 1 saturated carbocycles. The molecule has 0 unspecified atom stereocenters. The number of hydrogen-bond acceptors (Lipinski definition) is 4. The number of benzene rings is 2. The molecule has 3 rings (SSSR count). The number of nitriles is 1. The van der Waals surface area contributed by atoms with Gasteiger partial charge in [-0.25, -0.2) is 0 Å². The second-order valence-corrected chi connectivity index (χ2v) is 9.80. The normalized spacial score (nSPS) is 21.0. The minimum Gasteiger partial charge on any atom is -0.495 e. The number of amides is 1. The summed E-state index contributed by atoms with van der Waals surface area (Å²) in [5, 5.41) is 12.4. The van der Waals surface area contributed by atoms with Crippen LogP contribution in [0.5, 0.6) is 11.5 Å². The lowest BCUT2D eigenvalue weighted by Gasteiger charge is -2.63. The third-order valence-electron chi connectivity index (χ3n) is 6.50. The van der Waals surface area contributed by atoms with E-state index in [9.17, 15) is 10.1 Å². The van der Waals surface area contributed by atoms with Crippen molar-refractivity contribution in [3.05, 3.63) is 59.2 Å². The van der Waals surface area contributed by atoms with Gasteiger partial charge in [0, 0.05) is 28.5 Å². The molecule has 0 heterocycles. The molecular weight excluding hydrogens is 388 g/mol. The van der Waals surface area contributed by atoms with Crippen molar-refractivity contribution in [1.29, 1.82) is 5.26 Å². The number of nitrogens with zero attached hydrogens (tertiary/aromatic N) is 1. The molecule has 2 aromatic rings. The minimum atomic E-state index is -0.280. The first-order valence-corrected chi connectivity index (χ1v) is 10.7. The largest absolute Gasteiger partial charge is 0.495 e. The summed E-state index contributed by atoms with van der Waals surface area (Å²) in [5.74, 6) is 1.50. The van der Waals surface area contributed by atoms with Crippen molar-refractivity contribution >= 4 is 5.91 Å². The number of carbonyl (C=O) groups excluding carboxylic acids is 1. The van der Waals surface area contributed by atoms with E-state index in [1.807, 2.05) is 24.3 Å². The zero-order valence-electron chi connectivity index (χ0n) is 19.4. The van der Waals surface area contributed by atoms with Gasteiger partial charge in [-0.2, -0.15) is 5.26 Å². The Bertz CT molecular complexity index is 984. The van der Waals surface area contributed by atoms with E-state index in [0.717, 1.165) is 0 Å². The molecule has 1 aliphatic rings. The molecule has 1 N–H and O–H groups in total. The van der Waals surface area contributed by atoms with Crippen molar-refractivity contribution in [2.75, 3.05) is 7.11 Å². The lowest BCUT2D eigenvalue weighted by atomic mass is 9.49. The summed E-state index contributed by atoms with van der Waals surface area (Å²) in [6, 6.07) is 15.1. The van der Waals surface area contributed by atoms with Crippen molar-refractivity contribution in [1.82, 2.24) is 5.32 Å². The van der Waals surface area contributed by atoms with Gasteiger partial charge in [0.25, 0.3) is 5.91 Å². The molecule has 5 nitrogen and oxygen atoms in total. The van der Waals surface area contributed by atoms with Gasteiger partial charge in [0.2, 0.25) is 0 Å². The van der Waals surface area contributed by atoms with Crippen LogP contribution in [0.15, 0.2) is 42.5 Å². The minimum absolute atomic E-state index is 0.0532. The molecule has 0 atom stereocenters. The van der Waals surface area contributed by atoms with Crippen LogP contribution in [0.25, 0.3) is 0 Å². The molecule has 2 aromatic carbocycles. The number of rotatable bonds is 6. The summed E-state index contributed by atoms with van der Waals surface area (Å²) in [4.78, 5) is 12.9. The van der Waals surface area contributed by atoms with E-state index in [-0.39, 0.29) is 28.9 Å². The smallest absolute Gasteiger partial charge is 0.251 e.